The molecule has 0 aliphatic carbocycles. The number of nitrogens with one attached hydrogen (secondary N) is 1. The van der Waals surface area contributed by atoms with Gasteiger partial charge in [0.25, 0.3) is 0 Å². The maximum Gasteiger partial charge on any atom is 0.125 e. The van der Waals surface area contributed by atoms with E-state index in [1.807, 2.05) is 19.9 Å². The van der Waals surface area contributed by atoms with Crippen LogP contribution in [0.25, 0.3) is 0 Å². The van der Waals surface area contributed by atoms with Gasteiger partial charge in [0, 0.05) is 17.1 Å². The molecule has 2 rings (SSSR count). The molecule has 1 unspecified atom stereocenters. The fourth-order valence-corrected chi connectivity index (χ4v) is 2.59. The van der Waals surface area contributed by atoms with Crippen molar-refractivity contribution in [3.8, 4) is 0 Å². The molecule has 1 heterocycles. The van der Waals surface area contributed by atoms with Crippen LogP contribution >= 0.6 is 0 Å². The van der Waals surface area contributed by atoms with Gasteiger partial charge in [0.05, 0.1) is 6.04 Å². The van der Waals surface area contributed by atoms with Crippen LogP contribution in [0.5, 0.6) is 0 Å². The first-order chi connectivity index (χ1) is 8.97. The zero-order valence-electron chi connectivity index (χ0n) is 11.8. The molecule has 2 aromatic rings. The van der Waals surface area contributed by atoms with E-state index >= 15 is 0 Å². The van der Waals surface area contributed by atoms with Crippen molar-refractivity contribution < 1.29 is 4.39 Å². The van der Waals surface area contributed by atoms with Gasteiger partial charge in [0.15, 0.2) is 0 Å². The van der Waals surface area contributed by atoms with Gasteiger partial charge < -0.3 is 5.32 Å². The minimum Gasteiger partial charge on any atom is -0.378 e. The normalized spacial score (nSPS) is 12.3. The van der Waals surface area contributed by atoms with Gasteiger partial charge >= 0.3 is 0 Å². The summed E-state index contributed by atoms with van der Waals surface area (Å²) in [7, 11) is 0. The summed E-state index contributed by atoms with van der Waals surface area (Å²) in [4.78, 5) is 4.50. The average Bonchev–Trinajstić information content (AvgIpc) is 2.27. The van der Waals surface area contributed by atoms with Gasteiger partial charge in [-0.1, -0.05) is 6.07 Å². The number of hydrogen-bond donors (Lipinski definition) is 1. The Balaban J connectivity index is 2.28. The lowest BCUT2D eigenvalue weighted by Crippen LogP contribution is -2.11. The number of anilines is 1. The summed E-state index contributed by atoms with van der Waals surface area (Å²) in [6.45, 7) is 8.16. The van der Waals surface area contributed by atoms with Crippen LogP contribution in [0.4, 0.5) is 10.1 Å². The second-order valence-electron chi connectivity index (χ2n) is 4.96. The van der Waals surface area contributed by atoms with Crippen molar-refractivity contribution in [1.82, 2.24) is 4.98 Å². The van der Waals surface area contributed by atoms with Gasteiger partial charge in [0.2, 0.25) is 0 Å². The van der Waals surface area contributed by atoms with Crippen LogP contribution in [0.2, 0.25) is 0 Å². The van der Waals surface area contributed by atoms with Crippen LogP contribution in [0.3, 0.4) is 0 Å². The van der Waals surface area contributed by atoms with Gasteiger partial charge in [-0.05, 0) is 63.1 Å². The molecule has 0 saturated heterocycles. The molecule has 0 saturated carbocycles. The van der Waals surface area contributed by atoms with Crippen LogP contribution < -0.4 is 5.32 Å². The van der Waals surface area contributed by atoms with E-state index in [4.69, 9.17) is 0 Å². The second kappa shape index (κ2) is 5.39. The number of nitrogens with zero attached hydrogens (tertiary/aromatic N) is 1. The number of hydrogen-bond acceptors (Lipinski definition) is 2. The van der Waals surface area contributed by atoms with E-state index in [-0.39, 0.29) is 11.9 Å². The Hall–Kier alpha value is -1.90. The Kier molecular flexibility index (Phi) is 3.84. The second-order valence-corrected chi connectivity index (χ2v) is 4.96. The molecule has 0 aliphatic rings. The van der Waals surface area contributed by atoms with E-state index in [2.05, 4.69) is 30.2 Å². The van der Waals surface area contributed by atoms with Gasteiger partial charge in [0.1, 0.15) is 5.82 Å². The Morgan fingerprint density at radius 3 is 2.53 bits per heavy atom. The quantitative estimate of drug-likeness (QED) is 0.887. The summed E-state index contributed by atoms with van der Waals surface area (Å²) in [6.07, 6.45) is 0. The summed E-state index contributed by atoms with van der Waals surface area (Å²) in [5, 5.41) is 3.32. The molecule has 0 spiro atoms. The number of aromatic nitrogens is 1. The molecule has 0 amide bonds. The zero-order valence-corrected chi connectivity index (χ0v) is 11.8. The van der Waals surface area contributed by atoms with E-state index < -0.39 is 0 Å². The van der Waals surface area contributed by atoms with Crippen LogP contribution in [0.1, 0.15) is 35.5 Å². The molecule has 0 radical (unpaired) electrons. The molecule has 1 atom stereocenters. The lowest BCUT2D eigenvalue weighted by atomic mass is 10.00. The molecule has 0 aliphatic heterocycles. The van der Waals surface area contributed by atoms with Crippen LogP contribution in [-0.4, -0.2) is 4.98 Å². The monoisotopic (exact) mass is 258 g/mol. The van der Waals surface area contributed by atoms with E-state index in [1.165, 1.54) is 23.3 Å². The maximum atomic E-state index is 13.2. The fraction of sp³-hybridized carbons (Fsp3) is 0.312. The highest BCUT2D eigenvalue weighted by molar-refractivity contribution is 5.47. The van der Waals surface area contributed by atoms with Crippen molar-refractivity contribution in [2.24, 2.45) is 0 Å². The summed E-state index contributed by atoms with van der Waals surface area (Å²) < 4.78 is 13.2. The lowest BCUT2D eigenvalue weighted by molar-refractivity contribution is 0.628. The van der Waals surface area contributed by atoms with Gasteiger partial charge in [-0.2, -0.15) is 0 Å². The molecular formula is C16H19FN2. The largest absolute Gasteiger partial charge is 0.378 e. The summed E-state index contributed by atoms with van der Waals surface area (Å²) >= 11 is 0. The minimum absolute atomic E-state index is 0.0925. The predicted octanol–water partition coefficient (Wildman–Crippen LogP) is 4.32. The zero-order chi connectivity index (χ0) is 14.0. The number of halogens is 1. The van der Waals surface area contributed by atoms with Gasteiger partial charge in [-0.3, -0.25) is 4.98 Å². The Morgan fingerprint density at radius 1 is 1.16 bits per heavy atom. The number of benzene rings is 1. The first-order valence-corrected chi connectivity index (χ1v) is 6.44. The number of aryl methyl sites for hydroxylation is 3. The first kappa shape index (κ1) is 13.5. The molecule has 1 aromatic carbocycles. The molecule has 0 fully saturated rings. The molecule has 100 valence electrons. The Morgan fingerprint density at radius 2 is 1.89 bits per heavy atom. The van der Waals surface area contributed by atoms with Crippen molar-refractivity contribution in [2.45, 2.75) is 33.7 Å². The summed E-state index contributed by atoms with van der Waals surface area (Å²) in [5.41, 5.74) is 5.22. The van der Waals surface area contributed by atoms with Crippen molar-refractivity contribution in [3.05, 3.63) is 58.7 Å². The average molecular weight is 258 g/mol. The smallest absolute Gasteiger partial charge is 0.125 e. The van der Waals surface area contributed by atoms with Crippen LogP contribution in [0.15, 0.2) is 30.3 Å². The maximum absolute atomic E-state index is 13.2. The summed E-state index contributed by atoms with van der Waals surface area (Å²) in [5.74, 6) is -0.229. The van der Waals surface area contributed by atoms with E-state index in [0.29, 0.717) is 0 Å². The molecule has 3 heteroatoms. The third-order valence-corrected chi connectivity index (χ3v) is 3.22. The van der Waals surface area contributed by atoms with E-state index in [1.54, 1.807) is 6.07 Å². The third-order valence-electron chi connectivity index (χ3n) is 3.22. The van der Waals surface area contributed by atoms with E-state index in [0.717, 1.165) is 17.1 Å². The molecule has 1 aromatic heterocycles. The van der Waals surface area contributed by atoms with Crippen molar-refractivity contribution >= 4 is 5.69 Å². The standard InChI is InChI=1S/C16H19FN2/c1-10-8-11(2)18-12(3)16(10)13(4)19-15-7-5-6-14(17)9-15/h5-9,13,19H,1-4H3. The summed E-state index contributed by atoms with van der Waals surface area (Å²) in [6, 6.07) is 8.69. The highest BCUT2D eigenvalue weighted by atomic mass is 19.1. The predicted molar refractivity (Wildman–Crippen MR) is 76.9 cm³/mol. The fourth-order valence-electron chi connectivity index (χ4n) is 2.59. The lowest BCUT2D eigenvalue weighted by Gasteiger charge is -2.20. The number of rotatable bonds is 3. The molecule has 0 bridgehead atoms. The van der Waals surface area contributed by atoms with Gasteiger partial charge in [-0.15, -0.1) is 0 Å². The Bertz CT molecular complexity index is 570. The van der Waals surface area contributed by atoms with E-state index in [9.17, 15) is 4.39 Å². The molecular weight excluding hydrogens is 239 g/mol. The highest BCUT2D eigenvalue weighted by Gasteiger charge is 2.13. The van der Waals surface area contributed by atoms with Crippen molar-refractivity contribution in [3.63, 3.8) is 0 Å². The topological polar surface area (TPSA) is 24.9 Å². The third kappa shape index (κ3) is 3.11. The van der Waals surface area contributed by atoms with Gasteiger partial charge in [-0.25, -0.2) is 4.39 Å². The van der Waals surface area contributed by atoms with Crippen molar-refractivity contribution in [2.75, 3.05) is 5.32 Å². The molecule has 19 heavy (non-hydrogen) atoms. The minimum atomic E-state index is -0.229. The Labute approximate surface area is 113 Å². The van der Waals surface area contributed by atoms with Crippen LogP contribution in [0, 0.1) is 26.6 Å². The van der Waals surface area contributed by atoms with Crippen LogP contribution in [-0.2, 0) is 0 Å². The molecule has 2 nitrogen and oxygen atoms in total. The first-order valence-electron chi connectivity index (χ1n) is 6.44. The highest BCUT2D eigenvalue weighted by Crippen LogP contribution is 2.25. The molecule has 1 N–H and O–H groups in total. The SMILES string of the molecule is Cc1cc(C)c(C(C)Nc2cccc(F)c2)c(C)n1. The number of pyridine rings is 1. The van der Waals surface area contributed by atoms with Crippen molar-refractivity contribution in [1.29, 1.82) is 0 Å².